The van der Waals surface area contributed by atoms with E-state index in [-0.39, 0.29) is 26.3 Å². The number of hydrogen-bond donors (Lipinski definition) is 3. The van der Waals surface area contributed by atoms with Crippen LogP contribution in [0, 0.1) is 25.2 Å². The maximum Gasteiger partial charge on any atom is 0.573 e. The topological polar surface area (TPSA) is 112 Å². The minimum atomic E-state index is -4.84. The molecule has 1 amide bonds. The molecule has 0 saturated heterocycles. The van der Waals surface area contributed by atoms with Gasteiger partial charge in [-0.3, -0.25) is 4.79 Å². The van der Waals surface area contributed by atoms with Crippen LogP contribution in [0.1, 0.15) is 34.0 Å². The summed E-state index contributed by atoms with van der Waals surface area (Å²) in [6.07, 6.45) is -4.84. The number of nitrogens with one attached hydrogen (secondary N) is 1. The summed E-state index contributed by atoms with van der Waals surface area (Å²) in [4.78, 5) is 12.5. The first kappa shape index (κ1) is 25.0. The molecule has 0 aromatic heterocycles. The van der Waals surface area contributed by atoms with Crippen LogP contribution in [0.2, 0.25) is 0 Å². The van der Waals surface area contributed by atoms with Gasteiger partial charge in [-0.15, -0.1) is 13.2 Å². The van der Waals surface area contributed by atoms with Gasteiger partial charge in [-0.2, -0.15) is 5.26 Å². The number of rotatable bonds is 8. The Morgan fingerprint density at radius 3 is 2.38 bits per heavy atom. The average molecular weight is 450 g/mol. The monoisotopic (exact) mass is 450 g/mol. The number of ether oxygens (including phenoxy) is 2. The lowest BCUT2D eigenvalue weighted by Crippen LogP contribution is -2.49. The van der Waals surface area contributed by atoms with Crippen LogP contribution in [0.3, 0.4) is 0 Å². The van der Waals surface area contributed by atoms with Crippen molar-refractivity contribution in [2.45, 2.75) is 39.3 Å². The fourth-order valence-electron chi connectivity index (χ4n) is 3.04. The quantitative estimate of drug-likeness (QED) is 0.529. The summed E-state index contributed by atoms with van der Waals surface area (Å²) >= 11 is 0. The second-order valence-corrected chi connectivity index (χ2v) is 7.35. The third kappa shape index (κ3) is 6.15. The SMILES string of the molecule is Cc1cc(OCC(C)(C#N)NC(=O)c2ccc(OC(F)(F)F)cc2)c(C)c(BO)c1CO. The van der Waals surface area contributed by atoms with Crippen LogP contribution in [0.5, 0.6) is 11.5 Å². The van der Waals surface area contributed by atoms with Crippen molar-refractivity contribution in [3.8, 4) is 17.6 Å². The Balaban J connectivity index is 2.14. The highest BCUT2D eigenvalue weighted by Crippen LogP contribution is 2.24. The molecule has 7 nitrogen and oxygen atoms in total. The molecule has 0 fully saturated rings. The van der Waals surface area contributed by atoms with E-state index in [4.69, 9.17) is 4.74 Å². The van der Waals surface area contributed by atoms with Gasteiger partial charge >= 0.3 is 13.8 Å². The molecule has 2 rings (SSSR count). The lowest BCUT2D eigenvalue weighted by Gasteiger charge is -2.25. The summed E-state index contributed by atoms with van der Waals surface area (Å²) in [5.41, 5.74) is 0.962. The normalized spacial score (nSPS) is 13.0. The number of amides is 1. The molecular formula is C21H22BF3N2O5. The van der Waals surface area contributed by atoms with Crippen molar-refractivity contribution in [1.29, 1.82) is 5.26 Å². The molecule has 0 aliphatic heterocycles. The smallest absolute Gasteiger partial charge is 0.490 e. The molecule has 0 saturated carbocycles. The van der Waals surface area contributed by atoms with Gasteiger partial charge in [0.25, 0.3) is 5.91 Å². The summed E-state index contributed by atoms with van der Waals surface area (Å²) in [6.45, 7) is 4.39. The van der Waals surface area contributed by atoms with Crippen molar-refractivity contribution < 1.29 is 37.6 Å². The number of halogens is 3. The van der Waals surface area contributed by atoms with Crippen molar-refractivity contribution in [2.75, 3.05) is 6.61 Å². The fourth-order valence-corrected chi connectivity index (χ4v) is 3.04. The Kier molecular flexibility index (Phi) is 7.77. The molecule has 32 heavy (non-hydrogen) atoms. The minimum absolute atomic E-state index is 0.0305. The van der Waals surface area contributed by atoms with Crippen LogP contribution in [0.15, 0.2) is 30.3 Å². The summed E-state index contributed by atoms with van der Waals surface area (Å²) in [5, 5.41) is 31.2. The number of hydrogen-bond acceptors (Lipinski definition) is 6. The number of alkyl halides is 3. The molecule has 1 unspecified atom stereocenters. The third-order valence-corrected chi connectivity index (χ3v) is 4.83. The van der Waals surface area contributed by atoms with E-state index in [1.54, 1.807) is 19.9 Å². The molecule has 2 aromatic carbocycles. The summed E-state index contributed by atoms with van der Waals surface area (Å²) in [5.74, 6) is -0.777. The van der Waals surface area contributed by atoms with E-state index in [0.29, 0.717) is 27.9 Å². The predicted molar refractivity (Wildman–Crippen MR) is 111 cm³/mol. The Labute approximate surface area is 183 Å². The van der Waals surface area contributed by atoms with Crippen LogP contribution in [-0.2, 0) is 6.61 Å². The number of aliphatic hydroxyl groups excluding tert-OH is 1. The highest BCUT2D eigenvalue weighted by Gasteiger charge is 2.31. The van der Waals surface area contributed by atoms with E-state index in [1.807, 2.05) is 6.07 Å². The fraction of sp³-hybridized carbons (Fsp3) is 0.333. The van der Waals surface area contributed by atoms with Gasteiger partial charge in [0.2, 0.25) is 0 Å². The molecule has 1 atom stereocenters. The van der Waals surface area contributed by atoms with Gasteiger partial charge in [-0.05, 0) is 73.3 Å². The molecule has 0 aliphatic carbocycles. The lowest BCUT2D eigenvalue weighted by molar-refractivity contribution is -0.274. The maximum absolute atomic E-state index is 12.5. The van der Waals surface area contributed by atoms with Crippen LogP contribution in [-0.4, -0.2) is 42.0 Å². The molecule has 0 radical (unpaired) electrons. The first-order valence-corrected chi connectivity index (χ1v) is 9.49. The van der Waals surface area contributed by atoms with Gasteiger partial charge in [0.05, 0.1) is 12.7 Å². The van der Waals surface area contributed by atoms with Gasteiger partial charge in [0, 0.05) is 5.56 Å². The zero-order valence-electron chi connectivity index (χ0n) is 17.7. The number of benzene rings is 2. The first-order chi connectivity index (χ1) is 14.9. The number of aryl methyl sites for hydroxylation is 1. The first-order valence-electron chi connectivity index (χ1n) is 9.49. The Hall–Kier alpha value is -3.23. The van der Waals surface area contributed by atoms with Gasteiger partial charge in [-0.1, -0.05) is 0 Å². The lowest BCUT2D eigenvalue weighted by atomic mass is 9.79. The van der Waals surface area contributed by atoms with Crippen molar-refractivity contribution in [3.05, 3.63) is 52.6 Å². The number of nitrogens with zero attached hydrogens (tertiary/aromatic N) is 1. The molecule has 0 aliphatic rings. The third-order valence-electron chi connectivity index (χ3n) is 4.83. The Morgan fingerprint density at radius 1 is 1.25 bits per heavy atom. The van der Waals surface area contributed by atoms with Crippen molar-refractivity contribution >= 4 is 18.9 Å². The van der Waals surface area contributed by atoms with Gasteiger partial charge in [0.15, 0.2) is 5.54 Å². The Morgan fingerprint density at radius 2 is 1.88 bits per heavy atom. The second-order valence-electron chi connectivity index (χ2n) is 7.35. The Bertz CT molecular complexity index is 1020. The van der Waals surface area contributed by atoms with Crippen molar-refractivity contribution in [3.63, 3.8) is 0 Å². The van der Waals surface area contributed by atoms with Crippen LogP contribution >= 0.6 is 0 Å². The van der Waals surface area contributed by atoms with E-state index in [9.17, 15) is 33.4 Å². The molecule has 2 aromatic rings. The molecule has 0 spiro atoms. The molecular weight excluding hydrogens is 428 g/mol. The zero-order valence-corrected chi connectivity index (χ0v) is 17.7. The largest absolute Gasteiger partial charge is 0.573 e. The average Bonchev–Trinajstić information content (AvgIpc) is 2.73. The molecule has 0 bridgehead atoms. The molecule has 170 valence electrons. The standard InChI is InChI=1S/C21H22BF3N2O5/c1-12-8-17(13(2)18(22-30)16(12)9-28)31-11-20(3,10-26)27-19(29)14-4-6-15(7-5-14)32-21(23,24)25/h4-8,22,28,30H,9,11H2,1-3H3,(H,27,29). The minimum Gasteiger partial charge on any atom is -0.490 e. The zero-order chi connectivity index (χ0) is 24.1. The number of carbonyl (C=O) groups is 1. The van der Waals surface area contributed by atoms with E-state index >= 15 is 0 Å². The summed E-state index contributed by atoms with van der Waals surface area (Å²) < 4.78 is 46.3. The number of nitriles is 1. The predicted octanol–water partition coefficient (Wildman–Crippen LogP) is 1.75. The molecule has 11 heteroatoms. The highest BCUT2D eigenvalue weighted by atomic mass is 19.4. The van der Waals surface area contributed by atoms with E-state index in [2.05, 4.69) is 10.1 Å². The summed E-state index contributed by atoms with van der Waals surface area (Å²) in [7, 11) is -0.305. The van der Waals surface area contributed by atoms with Crippen molar-refractivity contribution in [2.24, 2.45) is 0 Å². The number of carbonyl (C=O) groups excluding carboxylic acids is 1. The van der Waals surface area contributed by atoms with Gasteiger partial charge in [-0.25, -0.2) is 0 Å². The van der Waals surface area contributed by atoms with Gasteiger partial charge < -0.3 is 24.9 Å². The van der Waals surface area contributed by atoms with E-state index in [0.717, 1.165) is 24.3 Å². The van der Waals surface area contributed by atoms with Crippen LogP contribution in [0.4, 0.5) is 13.2 Å². The highest BCUT2D eigenvalue weighted by molar-refractivity contribution is 6.47. The van der Waals surface area contributed by atoms with Crippen LogP contribution in [0.25, 0.3) is 0 Å². The second kappa shape index (κ2) is 9.93. The van der Waals surface area contributed by atoms with Gasteiger partial charge in [0.1, 0.15) is 18.1 Å². The molecule has 3 N–H and O–H groups in total. The van der Waals surface area contributed by atoms with E-state index in [1.165, 1.54) is 6.92 Å². The molecule has 0 heterocycles. The van der Waals surface area contributed by atoms with Crippen molar-refractivity contribution in [1.82, 2.24) is 5.32 Å². The number of aliphatic hydroxyl groups is 1. The van der Waals surface area contributed by atoms with E-state index < -0.39 is 23.6 Å². The maximum atomic E-state index is 12.5. The van der Waals surface area contributed by atoms with Crippen LogP contribution < -0.4 is 20.3 Å². The summed E-state index contributed by atoms with van der Waals surface area (Å²) in [6, 6.07) is 7.90.